The molecule has 0 N–H and O–H groups in total. The summed E-state index contributed by atoms with van der Waals surface area (Å²) >= 11 is 0. The Labute approximate surface area is 135 Å². The van der Waals surface area contributed by atoms with Crippen LogP contribution in [0.2, 0.25) is 0 Å². The Kier molecular flexibility index (Phi) is 6.18. The normalized spacial score (nSPS) is 10.9. The molecule has 0 spiro atoms. The number of aryl methyl sites for hydroxylation is 1. The van der Waals surface area contributed by atoms with E-state index in [0.29, 0.717) is 0 Å². The summed E-state index contributed by atoms with van der Waals surface area (Å²) in [5.41, 5.74) is 8.34. The predicted molar refractivity (Wildman–Crippen MR) is 96.4 cm³/mol. The Morgan fingerprint density at radius 1 is 0.727 bits per heavy atom. The summed E-state index contributed by atoms with van der Waals surface area (Å²) in [5.74, 6) is 0. The number of rotatable bonds is 7. The van der Waals surface area contributed by atoms with Crippen molar-refractivity contribution in [3.8, 4) is 11.3 Å². The zero-order chi connectivity index (χ0) is 15.9. The summed E-state index contributed by atoms with van der Waals surface area (Å²) in [5, 5.41) is 0. The molecule has 118 valence electrons. The van der Waals surface area contributed by atoms with Crippen LogP contribution in [0.25, 0.3) is 11.3 Å². The van der Waals surface area contributed by atoms with Gasteiger partial charge in [0, 0.05) is 11.3 Å². The first-order chi connectivity index (χ1) is 10.8. The molecule has 0 unspecified atom stereocenters. The van der Waals surface area contributed by atoms with Crippen molar-refractivity contribution in [1.29, 1.82) is 0 Å². The van der Waals surface area contributed by atoms with Crippen LogP contribution in [-0.2, 0) is 25.7 Å². The topological polar surface area (TPSA) is 12.9 Å². The molecule has 0 atom stereocenters. The number of hydrogen-bond donors (Lipinski definition) is 0. The molecule has 0 amide bonds. The van der Waals surface area contributed by atoms with Gasteiger partial charge in [0.2, 0.25) is 0 Å². The number of hydrogen-bond acceptors (Lipinski definition) is 1. The smallest absolute Gasteiger partial charge is 0.0740 e. The molecule has 1 heteroatoms. The third kappa shape index (κ3) is 3.40. The van der Waals surface area contributed by atoms with E-state index in [2.05, 4.69) is 58.0 Å². The minimum absolute atomic E-state index is 1.06. The van der Waals surface area contributed by atoms with Gasteiger partial charge in [0.05, 0.1) is 5.69 Å². The predicted octanol–water partition coefficient (Wildman–Crippen LogP) is 5.78. The van der Waals surface area contributed by atoms with Gasteiger partial charge in [0.1, 0.15) is 0 Å². The van der Waals surface area contributed by atoms with E-state index >= 15 is 0 Å². The molecule has 2 aromatic rings. The van der Waals surface area contributed by atoms with Crippen molar-refractivity contribution >= 4 is 0 Å². The van der Waals surface area contributed by atoms with Crippen LogP contribution in [0.1, 0.15) is 62.9 Å². The average molecular weight is 295 g/mol. The summed E-state index contributed by atoms with van der Waals surface area (Å²) in [6, 6.07) is 10.7. The lowest BCUT2D eigenvalue weighted by Gasteiger charge is -2.20. The van der Waals surface area contributed by atoms with E-state index in [1.165, 1.54) is 34.5 Å². The molecule has 1 heterocycles. The van der Waals surface area contributed by atoms with Crippen molar-refractivity contribution < 1.29 is 0 Å². The lowest BCUT2D eigenvalue weighted by molar-refractivity contribution is 0.805. The van der Waals surface area contributed by atoms with Crippen LogP contribution < -0.4 is 0 Å². The average Bonchev–Trinajstić information content (AvgIpc) is 2.56. The van der Waals surface area contributed by atoms with Crippen LogP contribution in [0, 0.1) is 0 Å². The van der Waals surface area contributed by atoms with Crippen molar-refractivity contribution in [3.63, 3.8) is 0 Å². The second-order valence-corrected chi connectivity index (χ2v) is 5.92. The highest BCUT2D eigenvalue weighted by atomic mass is 14.7. The molecule has 0 radical (unpaired) electrons. The van der Waals surface area contributed by atoms with Crippen molar-refractivity contribution in [2.45, 2.75) is 66.2 Å². The maximum absolute atomic E-state index is 5.13. The summed E-state index contributed by atoms with van der Waals surface area (Å²) in [6.07, 6.45) is 6.77. The fraction of sp³-hybridized carbons (Fsp3) is 0.476. The lowest BCUT2D eigenvalue weighted by atomic mass is 9.89. The third-order valence-corrected chi connectivity index (χ3v) is 4.35. The van der Waals surface area contributed by atoms with Gasteiger partial charge in [-0.2, -0.15) is 0 Å². The van der Waals surface area contributed by atoms with Gasteiger partial charge in [-0.1, -0.05) is 70.9 Å². The molecule has 1 nitrogen and oxygen atoms in total. The minimum Gasteiger partial charge on any atom is -0.252 e. The van der Waals surface area contributed by atoms with Gasteiger partial charge >= 0.3 is 0 Å². The molecule has 2 rings (SSSR count). The molecule has 0 aliphatic rings. The molecule has 0 bridgehead atoms. The summed E-state index contributed by atoms with van der Waals surface area (Å²) in [4.78, 5) is 5.13. The first-order valence-electron chi connectivity index (χ1n) is 8.85. The molecule has 0 aliphatic heterocycles. The van der Waals surface area contributed by atoms with Gasteiger partial charge in [-0.15, -0.1) is 0 Å². The first kappa shape index (κ1) is 16.7. The maximum atomic E-state index is 5.13. The monoisotopic (exact) mass is 295 g/mol. The van der Waals surface area contributed by atoms with Gasteiger partial charge in [-0.3, -0.25) is 4.98 Å². The molecule has 1 aromatic carbocycles. The van der Waals surface area contributed by atoms with Crippen LogP contribution in [0.4, 0.5) is 0 Å². The quantitative estimate of drug-likeness (QED) is 0.631. The van der Waals surface area contributed by atoms with E-state index in [-0.39, 0.29) is 0 Å². The molecule has 0 saturated heterocycles. The molecule has 22 heavy (non-hydrogen) atoms. The van der Waals surface area contributed by atoms with E-state index in [1.807, 2.05) is 0 Å². The molecular weight excluding hydrogens is 266 g/mol. The largest absolute Gasteiger partial charge is 0.252 e. The van der Waals surface area contributed by atoms with Crippen molar-refractivity contribution in [2.75, 3.05) is 0 Å². The number of benzene rings is 1. The Bertz CT molecular complexity index is 599. The van der Waals surface area contributed by atoms with Crippen LogP contribution in [0.15, 0.2) is 30.3 Å². The fourth-order valence-corrected chi connectivity index (χ4v) is 3.40. The van der Waals surface area contributed by atoms with E-state index in [0.717, 1.165) is 32.1 Å². The Morgan fingerprint density at radius 2 is 1.36 bits per heavy atom. The van der Waals surface area contributed by atoms with Crippen LogP contribution in [0.3, 0.4) is 0 Å². The summed E-state index contributed by atoms with van der Waals surface area (Å²) < 4.78 is 0. The molecular formula is C21H29N. The fourth-order valence-electron chi connectivity index (χ4n) is 3.40. The minimum atomic E-state index is 1.06. The standard InChI is InChI=1S/C21H29N/c1-5-12-19-17(7-3)18(8-4)21(22-20(19)13-6-2)16-14-10-9-11-15-16/h9-11,14-15H,5-8,12-13H2,1-4H3. The van der Waals surface area contributed by atoms with E-state index in [1.54, 1.807) is 5.56 Å². The van der Waals surface area contributed by atoms with Gasteiger partial charge in [0.25, 0.3) is 0 Å². The zero-order valence-electron chi connectivity index (χ0n) is 14.6. The Balaban J connectivity index is 2.70. The molecule has 1 aromatic heterocycles. The van der Waals surface area contributed by atoms with Crippen molar-refractivity contribution in [2.24, 2.45) is 0 Å². The summed E-state index contributed by atoms with van der Waals surface area (Å²) in [7, 11) is 0. The second-order valence-electron chi connectivity index (χ2n) is 5.92. The summed E-state index contributed by atoms with van der Waals surface area (Å²) in [6.45, 7) is 9.07. The Morgan fingerprint density at radius 3 is 1.91 bits per heavy atom. The molecule has 0 saturated carbocycles. The third-order valence-electron chi connectivity index (χ3n) is 4.35. The lowest BCUT2D eigenvalue weighted by Crippen LogP contribution is -2.09. The first-order valence-corrected chi connectivity index (χ1v) is 8.85. The van der Waals surface area contributed by atoms with Crippen LogP contribution in [-0.4, -0.2) is 4.98 Å². The highest BCUT2D eigenvalue weighted by Crippen LogP contribution is 2.30. The van der Waals surface area contributed by atoms with Gasteiger partial charge in [-0.05, 0) is 42.4 Å². The van der Waals surface area contributed by atoms with Crippen LogP contribution in [0.5, 0.6) is 0 Å². The maximum Gasteiger partial charge on any atom is 0.0740 e. The van der Waals surface area contributed by atoms with E-state index in [4.69, 9.17) is 4.98 Å². The van der Waals surface area contributed by atoms with Gasteiger partial charge in [-0.25, -0.2) is 0 Å². The number of pyridine rings is 1. The van der Waals surface area contributed by atoms with Crippen molar-refractivity contribution in [1.82, 2.24) is 4.98 Å². The SMILES string of the molecule is CCCc1nc(-c2ccccc2)c(CC)c(CC)c1CCC. The van der Waals surface area contributed by atoms with Crippen molar-refractivity contribution in [3.05, 3.63) is 52.7 Å². The van der Waals surface area contributed by atoms with Gasteiger partial charge < -0.3 is 0 Å². The van der Waals surface area contributed by atoms with Gasteiger partial charge in [0.15, 0.2) is 0 Å². The zero-order valence-corrected chi connectivity index (χ0v) is 14.6. The molecule has 0 fully saturated rings. The Hall–Kier alpha value is -1.63. The number of aromatic nitrogens is 1. The highest BCUT2D eigenvalue weighted by Gasteiger charge is 2.17. The van der Waals surface area contributed by atoms with E-state index in [9.17, 15) is 0 Å². The van der Waals surface area contributed by atoms with Crippen LogP contribution >= 0.6 is 0 Å². The number of nitrogens with zero attached hydrogens (tertiary/aromatic N) is 1. The van der Waals surface area contributed by atoms with E-state index < -0.39 is 0 Å². The second kappa shape index (κ2) is 8.12. The highest BCUT2D eigenvalue weighted by molar-refractivity contribution is 5.66. The molecule has 0 aliphatic carbocycles.